The number of nitrogens with two attached hydrogens (primary N) is 1. The molecule has 3 fully saturated rings. The van der Waals surface area contributed by atoms with Crippen LogP contribution >= 0.6 is 0 Å². The fraction of sp³-hybridized carbons (Fsp3) is 0.818. The topological polar surface area (TPSA) is 72.6 Å². The van der Waals surface area contributed by atoms with Gasteiger partial charge in [-0.1, -0.05) is 0 Å². The van der Waals surface area contributed by atoms with Crippen molar-refractivity contribution in [2.75, 3.05) is 19.7 Å². The van der Waals surface area contributed by atoms with E-state index in [2.05, 4.69) is 0 Å². The van der Waals surface area contributed by atoms with Crippen LogP contribution in [0.2, 0.25) is 0 Å². The Bertz CT molecular complexity index is 345. The van der Waals surface area contributed by atoms with Crippen molar-refractivity contribution in [2.45, 2.75) is 25.4 Å². The van der Waals surface area contributed by atoms with E-state index in [0.717, 1.165) is 0 Å². The lowest BCUT2D eigenvalue weighted by atomic mass is 9.71. The zero-order chi connectivity index (χ0) is 11.3. The Hall–Kier alpha value is -1.10. The van der Waals surface area contributed by atoms with E-state index in [1.54, 1.807) is 0 Å². The number of likely N-dealkylation sites (tertiary alicyclic amines) is 1. The van der Waals surface area contributed by atoms with Crippen molar-refractivity contribution in [3.8, 4) is 0 Å². The number of amides is 2. The lowest BCUT2D eigenvalue weighted by Crippen LogP contribution is -2.74. The third kappa shape index (κ3) is 1.42. The second-order valence-electron chi connectivity index (χ2n) is 5.35. The zero-order valence-corrected chi connectivity index (χ0v) is 9.15. The summed E-state index contributed by atoms with van der Waals surface area (Å²) in [7, 11) is 0. The summed E-state index contributed by atoms with van der Waals surface area (Å²) in [4.78, 5) is 24.6. The van der Waals surface area contributed by atoms with Gasteiger partial charge < -0.3 is 15.4 Å². The van der Waals surface area contributed by atoms with Crippen molar-refractivity contribution >= 4 is 11.8 Å². The van der Waals surface area contributed by atoms with Gasteiger partial charge >= 0.3 is 0 Å². The van der Waals surface area contributed by atoms with Crippen molar-refractivity contribution in [1.82, 2.24) is 4.90 Å². The van der Waals surface area contributed by atoms with Crippen LogP contribution in [0.15, 0.2) is 0 Å². The van der Waals surface area contributed by atoms with Gasteiger partial charge in [-0.15, -0.1) is 0 Å². The minimum atomic E-state index is -0.475. The molecule has 3 rings (SSSR count). The Kier molecular flexibility index (Phi) is 2.01. The molecule has 2 aliphatic heterocycles. The van der Waals surface area contributed by atoms with Crippen LogP contribution in [0.1, 0.15) is 19.3 Å². The molecule has 0 aromatic carbocycles. The standard InChI is InChI=1S/C11H16N2O3/c12-10(15)9-11(6-16-9)4-13(5-11)8(14)3-7-1-2-7/h7,9H,1-6H2,(H2,12,15)/t9-/m0/s1. The molecule has 0 aromatic rings. The van der Waals surface area contributed by atoms with Crippen molar-refractivity contribution < 1.29 is 14.3 Å². The van der Waals surface area contributed by atoms with Gasteiger partial charge in [-0.05, 0) is 18.8 Å². The summed E-state index contributed by atoms with van der Waals surface area (Å²) in [6, 6.07) is 0. The van der Waals surface area contributed by atoms with E-state index in [4.69, 9.17) is 10.5 Å². The second kappa shape index (κ2) is 3.20. The van der Waals surface area contributed by atoms with Crippen LogP contribution < -0.4 is 5.73 Å². The van der Waals surface area contributed by atoms with Gasteiger partial charge in [0.25, 0.3) is 0 Å². The fourth-order valence-electron chi connectivity index (χ4n) is 2.63. The average Bonchev–Trinajstić information content (AvgIpc) is 2.82. The minimum absolute atomic E-state index is 0.148. The summed E-state index contributed by atoms with van der Waals surface area (Å²) in [5.74, 6) is 0.442. The molecule has 0 aromatic heterocycles. The fourth-order valence-corrected chi connectivity index (χ4v) is 2.63. The van der Waals surface area contributed by atoms with Crippen LogP contribution in [0.5, 0.6) is 0 Å². The van der Waals surface area contributed by atoms with E-state index in [1.165, 1.54) is 12.8 Å². The van der Waals surface area contributed by atoms with E-state index >= 15 is 0 Å². The highest BCUT2D eigenvalue weighted by Gasteiger charge is 2.59. The zero-order valence-electron chi connectivity index (χ0n) is 9.15. The van der Waals surface area contributed by atoms with Crippen molar-refractivity contribution in [3.63, 3.8) is 0 Å². The Balaban J connectivity index is 1.53. The Morgan fingerprint density at radius 2 is 2.06 bits per heavy atom. The first-order chi connectivity index (χ1) is 7.61. The molecule has 2 saturated heterocycles. The molecule has 0 radical (unpaired) electrons. The van der Waals surface area contributed by atoms with Gasteiger partial charge in [0, 0.05) is 19.5 Å². The summed E-state index contributed by atoms with van der Waals surface area (Å²) in [6.07, 6.45) is 2.59. The van der Waals surface area contributed by atoms with Crippen LogP contribution in [0, 0.1) is 11.3 Å². The number of nitrogens with zero attached hydrogens (tertiary/aromatic N) is 1. The number of carbonyl (C=O) groups is 2. The van der Waals surface area contributed by atoms with Gasteiger partial charge in [0.05, 0.1) is 12.0 Å². The third-order valence-electron chi connectivity index (χ3n) is 3.88. The molecule has 2 heterocycles. The summed E-state index contributed by atoms with van der Waals surface area (Å²) in [5.41, 5.74) is 5.08. The number of primary amides is 1. The Morgan fingerprint density at radius 3 is 2.50 bits per heavy atom. The first-order valence-electron chi connectivity index (χ1n) is 5.79. The van der Waals surface area contributed by atoms with Crippen LogP contribution in [0.4, 0.5) is 0 Å². The molecule has 5 nitrogen and oxygen atoms in total. The molecule has 1 aliphatic carbocycles. The molecule has 88 valence electrons. The monoisotopic (exact) mass is 224 g/mol. The van der Waals surface area contributed by atoms with Gasteiger partial charge in [0.2, 0.25) is 11.8 Å². The number of hydrogen-bond acceptors (Lipinski definition) is 3. The molecular formula is C11H16N2O3. The van der Waals surface area contributed by atoms with Gasteiger partial charge in [-0.25, -0.2) is 0 Å². The molecule has 0 unspecified atom stereocenters. The highest BCUT2D eigenvalue weighted by atomic mass is 16.5. The predicted octanol–water partition coefficient (Wildman–Crippen LogP) is -0.501. The molecule has 1 saturated carbocycles. The molecule has 5 heteroatoms. The summed E-state index contributed by atoms with van der Waals surface area (Å²) >= 11 is 0. The molecule has 1 spiro atoms. The van der Waals surface area contributed by atoms with Crippen molar-refractivity contribution in [3.05, 3.63) is 0 Å². The van der Waals surface area contributed by atoms with Crippen molar-refractivity contribution in [1.29, 1.82) is 0 Å². The predicted molar refractivity (Wildman–Crippen MR) is 55.3 cm³/mol. The number of hydrogen-bond donors (Lipinski definition) is 1. The first-order valence-corrected chi connectivity index (χ1v) is 5.79. The lowest BCUT2D eigenvalue weighted by molar-refractivity contribution is -0.237. The summed E-state index contributed by atoms with van der Waals surface area (Å²) < 4.78 is 5.16. The van der Waals surface area contributed by atoms with E-state index in [1.807, 2.05) is 4.90 Å². The molecule has 2 amide bonds. The van der Waals surface area contributed by atoms with E-state index in [0.29, 0.717) is 32.0 Å². The Labute approximate surface area is 93.9 Å². The molecule has 0 bridgehead atoms. The summed E-state index contributed by atoms with van der Waals surface area (Å²) in [5, 5.41) is 0. The van der Waals surface area contributed by atoms with Gasteiger partial charge in [-0.2, -0.15) is 0 Å². The van der Waals surface area contributed by atoms with E-state index < -0.39 is 12.0 Å². The third-order valence-corrected chi connectivity index (χ3v) is 3.88. The smallest absolute Gasteiger partial charge is 0.247 e. The van der Waals surface area contributed by atoms with Crippen molar-refractivity contribution in [2.24, 2.45) is 17.1 Å². The lowest BCUT2D eigenvalue weighted by Gasteiger charge is -2.58. The number of carbonyl (C=O) groups excluding carboxylic acids is 2. The maximum absolute atomic E-state index is 11.7. The number of rotatable bonds is 3. The van der Waals surface area contributed by atoms with Gasteiger partial charge in [-0.3, -0.25) is 9.59 Å². The van der Waals surface area contributed by atoms with E-state index in [9.17, 15) is 9.59 Å². The minimum Gasteiger partial charge on any atom is -0.367 e. The molecule has 1 atom stereocenters. The van der Waals surface area contributed by atoms with Gasteiger partial charge in [0.15, 0.2) is 0 Å². The molecule has 2 N–H and O–H groups in total. The normalized spacial score (nSPS) is 30.8. The first kappa shape index (κ1) is 10.1. The Morgan fingerprint density at radius 1 is 1.38 bits per heavy atom. The largest absolute Gasteiger partial charge is 0.367 e. The molecule has 3 aliphatic rings. The maximum Gasteiger partial charge on any atom is 0.247 e. The van der Waals surface area contributed by atoms with Crippen LogP contribution in [-0.2, 0) is 14.3 Å². The van der Waals surface area contributed by atoms with Crippen LogP contribution in [0.25, 0.3) is 0 Å². The maximum atomic E-state index is 11.7. The number of ether oxygens (including phenoxy) is 1. The quantitative estimate of drug-likeness (QED) is 0.702. The van der Waals surface area contributed by atoms with Crippen LogP contribution in [-0.4, -0.2) is 42.5 Å². The second-order valence-corrected chi connectivity index (χ2v) is 5.35. The molecule has 16 heavy (non-hydrogen) atoms. The molecular weight excluding hydrogens is 208 g/mol. The van der Waals surface area contributed by atoms with Gasteiger partial charge in [0.1, 0.15) is 6.10 Å². The SMILES string of the molecule is NC(=O)[C@@H]1OCC12CN(C(=O)CC1CC1)C2. The summed E-state index contributed by atoms with van der Waals surface area (Å²) in [6.45, 7) is 1.85. The highest BCUT2D eigenvalue weighted by molar-refractivity contribution is 5.83. The highest BCUT2D eigenvalue weighted by Crippen LogP contribution is 2.44. The van der Waals surface area contributed by atoms with E-state index in [-0.39, 0.29) is 11.3 Å². The average molecular weight is 224 g/mol. The van der Waals surface area contributed by atoms with Crippen LogP contribution in [0.3, 0.4) is 0 Å².